The van der Waals surface area contributed by atoms with Gasteiger partial charge in [-0.2, -0.15) is 10.1 Å². The Morgan fingerprint density at radius 1 is 1.54 bits per heavy atom. The number of aromatic nitrogens is 3. The van der Waals surface area contributed by atoms with Gasteiger partial charge in [0.25, 0.3) is 0 Å². The summed E-state index contributed by atoms with van der Waals surface area (Å²) in [6, 6.07) is 1.10. The lowest BCUT2D eigenvalue weighted by atomic mass is 10.0. The van der Waals surface area contributed by atoms with Gasteiger partial charge in [-0.1, -0.05) is 13.8 Å². The third-order valence-electron chi connectivity index (χ3n) is 2.77. The molecule has 0 fully saturated rings. The summed E-state index contributed by atoms with van der Waals surface area (Å²) in [6.07, 6.45) is 5.09. The molecule has 0 aliphatic carbocycles. The van der Waals surface area contributed by atoms with Crippen LogP contribution in [0.1, 0.15) is 39.2 Å². The first kappa shape index (κ1) is 8.53. The summed E-state index contributed by atoms with van der Waals surface area (Å²) in [5.41, 5.74) is 0. The van der Waals surface area contributed by atoms with E-state index in [-0.39, 0.29) is 0 Å². The molecule has 1 aliphatic rings. The fraction of sp³-hybridized carbons (Fsp3) is 0.778. The van der Waals surface area contributed by atoms with Gasteiger partial charge in [-0.25, -0.2) is 4.68 Å². The molecule has 0 aromatic carbocycles. The van der Waals surface area contributed by atoms with Gasteiger partial charge in [0.2, 0.25) is 5.95 Å². The van der Waals surface area contributed by atoms with Crippen molar-refractivity contribution in [2.45, 2.75) is 45.2 Å². The Labute approximate surface area is 78.4 Å². The molecular formula is C9H16N4. The molecule has 0 bridgehead atoms. The second kappa shape index (κ2) is 3.36. The standard InChI is InChI=1S/C9H16N4/c1-3-7-5-8(4-2)13-9(12-7)10-6-11-13/h6-8H,3-5H2,1-2H3,(H,10,11,12)/t7-,8+/m1/s1. The third kappa shape index (κ3) is 1.41. The number of nitrogens with one attached hydrogen (secondary N) is 1. The zero-order valence-corrected chi connectivity index (χ0v) is 8.20. The highest BCUT2D eigenvalue weighted by atomic mass is 15.4. The predicted molar refractivity (Wildman–Crippen MR) is 51.7 cm³/mol. The molecule has 0 saturated carbocycles. The molecule has 0 spiro atoms. The molecule has 0 unspecified atom stereocenters. The van der Waals surface area contributed by atoms with Crippen molar-refractivity contribution in [3.05, 3.63) is 6.33 Å². The maximum atomic E-state index is 4.22. The molecule has 4 heteroatoms. The molecule has 1 aliphatic heterocycles. The molecule has 1 aromatic heterocycles. The van der Waals surface area contributed by atoms with Crippen molar-refractivity contribution in [2.24, 2.45) is 0 Å². The monoisotopic (exact) mass is 180 g/mol. The summed E-state index contributed by atoms with van der Waals surface area (Å²) in [4.78, 5) is 4.19. The molecule has 0 saturated heterocycles. The highest BCUT2D eigenvalue weighted by Crippen LogP contribution is 2.27. The van der Waals surface area contributed by atoms with Gasteiger partial charge in [-0.3, -0.25) is 0 Å². The second-order valence-corrected chi connectivity index (χ2v) is 3.58. The van der Waals surface area contributed by atoms with Gasteiger partial charge in [-0.15, -0.1) is 0 Å². The van der Waals surface area contributed by atoms with Crippen molar-refractivity contribution in [1.82, 2.24) is 14.8 Å². The summed E-state index contributed by atoms with van der Waals surface area (Å²) in [6.45, 7) is 4.41. The fourth-order valence-electron chi connectivity index (χ4n) is 1.90. The highest BCUT2D eigenvalue weighted by Gasteiger charge is 2.24. The molecule has 13 heavy (non-hydrogen) atoms. The highest BCUT2D eigenvalue weighted by molar-refractivity contribution is 5.28. The quantitative estimate of drug-likeness (QED) is 0.755. The molecular weight excluding hydrogens is 164 g/mol. The SMILES string of the molecule is CC[C@@H]1C[C@H](CC)n2ncnc2N1. The Balaban J connectivity index is 2.25. The number of hydrogen-bond donors (Lipinski definition) is 1. The molecule has 2 heterocycles. The van der Waals surface area contributed by atoms with E-state index in [4.69, 9.17) is 0 Å². The minimum absolute atomic E-state index is 0.531. The maximum absolute atomic E-state index is 4.22. The van der Waals surface area contributed by atoms with Crippen LogP contribution in [0.5, 0.6) is 0 Å². The van der Waals surface area contributed by atoms with Crippen LogP contribution in [0.4, 0.5) is 5.95 Å². The van der Waals surface area contributed by atoms with Crippen molar-refractivity contribution < 1.29 is 0 Å². The minimum atomic E-state index is 0.531. The van der Waals surface area contributed by atoms with Gasteiger partial charge in [0.05, 0.1) is 6.04 Å². The van der Waals surface area contributed by atoms with Crippen molar-refractivity contribution >= 4 is 5.95 Å². The zero-order chi connectivity index (χ0) is 9.26. The zero-order valence-electron chi connectivity index (χ0n) is 8.20. The summed E-state index contributed by atoms with van der Waals surface area (Å²) >= 11 is 0. The van der Waals surface area contributed by atoms with Crippen molar-refractivity contribution in [2.75, 3.05) is 5.32 Å². The van der Waals surface area contributed by atoms with Gasteiger partial charge >= 0.3 is 0 Å². The minimum Gasteiger partial charge on any atom is -0.352 e. The van der Waals surface area contributed by atoms with E-state index in [1.807, 2.05) is 4.68 Å². The van der Waals surface area contributed by atoms with Crippen LogP contribution < -0.4 is 5.32 Å². The fourth-order valence-corrected chi connectivity index (χ4v) is 1.90. The van der Waals surface area contributed by atoms with Crippen LogP contribution >= 0.6 is 0 Å². The largest absolute Gasteiger partial charge is 0.352 e. The summed E-state index contributed by atoms with van der Waals surface area (Å²) < 4.78 is 2.01. The van der Waals surface area contributed by atoms with E-state index >= 15 is 0 Å². The lowest BCUT2D eigenvalue weighted by Gasteiger charge is -2.29. The molecule has 1 N–H and O–H groups in total. The Hall–Kier alpha value is -1.06. The van der Waals surface area contributed by atoms with Gasteiger partial charge in [-0.05, 0) is 19.3 Å². The topological polar surface area (TPSA) is 42.7 Å². The second-order valence-electron chi connectivity index (χ2n) is 3.58. The first-order valence-electron chi connectivity index (χ1n) is 5.01. The number of nitrogens with zero attached hydrogens (tertiary/aromatic N) is 3. The van der Waals surface area contributed by atoms with Crippen LogP contribution in [0.3, 0.4) is 0 Å². The summed E-state index contributed by atoms with van der Waals surface area (Å²) in [5, 5.41) is 7.60. The molecule has 72 valence electrons. The first-order valence-corrected chi connectivity index (χ1v) is 5.01. The Morgan fingerprint density at radius 2 is 2.38 bits per heavy atom. The predicted octanol–water partition coefficient (Wildman–Crippen LogP) is 1.82. The Kier molecular flexibility index (Phi) is 2.20. The van der Waals surface area contributed by atoms with Crippen molar-refractivity contribution in [1.29, 1.82) is 0 Å². The van der Waals surface area contributed by atoms with E-state index in [1.165, 1.54) is 6.42 Å². The Bertz CT molecular complexity index is 281. The van der Waals surface area contributed by atoms with E-state index in [9.17, 15) is 0 Å². The first-order chi connectivity index (χ1) is 6.35. The van der Waals surface area contributed by atoms with Crippen LogP contribution in [0.2, 0.25) is 0 Å². The molecule has 0 amide bonds. The third-order valence-corrected chi connectivity index (χ3v) is 2.77. The molecule has 1 aromatic rings. The van der Waals surface area contributed by atoms with Crippen molar-refractivity contribution in [3.63, 3.8) is 0 Å². The van der Waals surface area contributed by atoms with Crippen LogP contribution in [0, 0.1) is 0 Å². The molecule has 2 atom stereocenters. The van der Waals surface area contributed by atoms with Gasteiger partial charge in [0.15, 0.2) is 0 Å². The number of anilines is 1. The van der Waals surface area contributed by atoms with Gasteiger partial charge in [0, 0.05) is 6.04 Å². The Morgan fingerprint density at radius 3 is 3.08 bits per heavy atom. The molecule has 4 nitrogen and oxygen atoms in total. The van der Waals surface area contributed by atoms with Crippen LogP contribution in [-0.2, 0) is 0 Å². The van der Waals surface area contributed by atoms with Crippen molar-refractivity contribution in [3.8, 4) is 0 Å². The smallest absolute Gasteiger partial charge is 0.221 e. The van der Waals surface area contributed by atoms with Crippen LogP contribution in [0.15, 0.2) is 6.33 Å². The number of rotatable bonds is 2. The molecule has 0 radical (unpaired) electrons. The van der Waals surface area contributed by atoms with E-state index in [1.54, 1.807) is 6.33 Å². The lowest BCUT2D eigenvalue weighted by molar-refractivity contribution is 0.361. The summed E-state index contributed by atoms with van der Waals surface area (Å²) in [7, 11) is 0. The normalized spacial score (nSPS) is 26.6. The van der Waals surface area contributed by atoms with Gasteiger partial charge in [0.1, 0.15) is 6.33 Å². The van der Waals surface area contributed by atoms with Gasteiger partial charge < -0.3 is 5.32 Å². The lowest BCUT2D eigenvalue weighted by Crippen LogP contribution is -2.31. The average molecular weight is 180 g/mol. The van der Waals surface area contributed by atoms with Crippen LogP contribution in [-0.4, -0.2) is 20.8 Å². The van der Waals surface area contributed by atoms with E-state index in [2.05, 4.69) is 29.2 Å². The van der Waals surface area contributed by atoms with E-state index in [0.29, 0.717) is 12.1 Å². The number of fused-ring (bicyclic) bond motifs is 1. The molecule has 2 rings (SSSR count). The maximum Gasteiger partial charge on any atom is 0.221 e. The number of hydrogen-bond acceptors (Lipinski definition) is 3. The summed E-state index contributed by atoms with van der Waals surface area (Å²) in [5.74, 6) is 0.935. The van der Waals surface area contributed by atoms with E-state index < -0.39 is 0 Å². The van der Waals surface area contributed by atoms with E-state index in [0.717, 1.165) is 18.8 Å². The average Bonchev–Trinajstić information content (AvgIpc) is 2.63. The van der Waals surface area contributed by atoms with Crippen LogP contribution in [0.25, 0.3) is 0 Å².